The van der Waals surface area contributed by atoms with Crippen molar-refractivity contribution in [2.45, 2.75) is 38.6 Å². The van der Waals surface area contributed by atoms with Gasteiger partial charge in [0, 0.05) is 12.0 Å². The van der Waals surface area contributed by atoms with Gasteiger partial charge in [0.05, 0.1) is 12.7 Å². The molecular weight excluding hydrogens is 327 g/mol. The van der Waals surface area contributed by atoms with Crippen molar-refractivity contribution in [1.29, 1.82) is 0 Å². The van der Waals surface area contributed by atoms with Crippen LogP contribution >= 0.6 is 0 Å². The molecule has 0 aliphatic carbocycles. The number of ether oxygens (including phenoxy) is 2. The molecule has 0 amide bonds. The maximum atomic E-state index is 13.6. The molecule has 0 heterocycles. The van der Waals surface area contributed by atoms with E-state index in [9.17, 15) is 19.4 Å². The molecule has 5 nitrogen and oxygen atoms in total. The lowest BCUT2D eigenvalue weighted by molar-refractivity contribution is -0.147. The normalized spacial score (nSPS) is 13.2. The molecule has 0 fully saturated rings. The van der Waals surface area contributed by atoms with Crippen molar-refractivity contribution in [3.8, 4) is 11.5 Å². The smallest absolute Gasteiger partial charge is 0.344 e. The van der Waals surface area contributed by atoms with Gasteiger partial charge in [-0.05, 0) is 36.8 Å². The maximum Gasteiger partial charge on any atom is 0.344 e. The van der Waals surface area contributed by atoms with Crippen molar-refractivity contribution < 1.29 is 28.9 Å². The average molecular weight is 348 g/mol. The number of rotatable bonds is 9. The van der Waals surface area contributed by atoms with Crippen LogP contribution in [-0.4, -0.2) is 28.4 Å². The van der Waals surface area contributed by atoms with Crippen molar-refractivity contribution in [2.24, 2.45) is 0 Å². The van der Waals surface area contributed by atoms with Crippen molar-refractivity contribution in [2.75, 3.05) is 0 Å². The van der Waals surface area contributed by atoms with E-state index in [1.165, 1.54) is 30.3 Å². The van der Waals surface area contributed by atoms with Crippen molar-refractivity contribution in [3.63, 3.8) is 0 Å². The summed E-state index contributed by atoms with van der Waals surface area (Å²) in [6.07, 6.45) is -0.800. The summed E-state index contributed by atoms with van der Waals surface area (Å²) in [5.74, 6) is -1.05. The summed E-state index contributed by atoms with van der Waals surface area (Å²) in [6.45, 7) is 1.93. The third-order valence-corrected chi connectivity index (χ3v) is 3.76. The van der Waals surface area contributed by atoms with Gasteiger partial charge < -0.3 is 19.7 Å². The average Bonchev–Trinajstić information content (AvgIpc) is 2.60. The molecule has 25 heavy (non-hydrogen) atoms. The highest BCUT2D eigenvalue weighted by atomic mass is 19.1. The van der Waals surface area contributed by atoms with E-state index in [0.717, 1.165) is 0 Å². The van der Waals surface area contributed by atoms with Crippen LogP contribution in [-0.2, 0) is 16.1 Å². The van der Waals surface area contributed by atoms with Gasteiger partial charge in [-0.25, -0.2) is 9.18 Å². The van der Waals surface area contributed by atoms with E-state index < -0.39 is 18.2 Å². The highest BCUT2D eigenvalue weighted by Crippen LogP contribution is 2.20. The summed E-state index contributed by atoms with van der Waals surface area (Å²) in [7, 11) is 0. The van der Waals surface area contributed by atoms with E-state index in [1.54, 1.807) is 18.2 Å². The number of benzene rings is 2. The molecule has 0 saturated heterocycles. The van der Waals surface area contributed by atoms with Crippen LogP contribution in [0.2, 0.25) is 0 Å². The van der Waals surface area contributed by atoms with Crippen LogP contribution in [0, 0.1) is 5.82 Å². The Morgan fingerprint density at radius 3 is 2.44 bits per heavy atom. The fourth-order valence-corrected chi connectivity index (χ4v) is 2.30. The minimum absolute atomic E-state index is 0.0662. The SMILES string of the molecule is CCC(CC(Oc1ccc(O)cc1)C(=O)O)OCc1ccccc1F. The molecule has 2 aromatic carbocycles. The Balaban J connectivity index is 1.97. The third kappa shape index (κ3) is 5.76. The Labute approximate surface area is 145 Å². The number of hydrogen-bond donors (Lipinski definition) is 2. The molecule has 6 heteroatoms. The van der Waals surface area contributed by atoms with Crippen LogP contribution in [0.4, 0.5) is 4.39 Å². The Morgan fingerprint density at radius 1 is 1.16 bits per heavy atom. The number of hydrogen-bond acceptors (Lipinski definition) is 4. The van der Waals surface area contributed by atoms with E-state index in [4.69, 9.17) is 9.47 Å². The molecule has 2 rings (SSSR count). The number of phenolic OH excluding ortho intramolecular Hbond substituents is 1. The second-order valence-corrected chi connectivity index (χ2v) is 5.61. The minimum atomic E-state index is -1.11. The molecule has 134 valence electrons. The van der Waals surface area contributed by atoms with Gasteiger partial charge in [-0.1, -0.05) is 25.1 Å². The van der Waals surface area contributed by atoms with E-state index in [-0.39, 0.29) is 24.6 Å². The van der Waals surface area contributed by atoms with E-state index in [0.29, 0.717) is 17.7 Å². The number of aromatic hydroxyl groups is 1. The highest BCUT2D eigenvalue weighted by molar-refractivity contribution is 5.72. The summed E-state index contributed by atoms with van der Waals surface area (Å²) >= 11 is 0. The highest BCUT2D eigenvalue weighted by Gasteiger charge is 2.24. The van der Waals surface area contributed by atoms with Gasteiger partial charge >= 0.3 is 5.97 Å². The van der Waals surface area contributed by atoms with Gasteiger partial charge in [0.25, 0.3) is 0 Å². The second kappa shape index (κ2) is 9.03. The van der Waals surface area contributed by atoms with E-state index in [1.807, 2.05) is 6.92 Å². The number of carboxylic acid groups (broad SMARTS) is 1. The van der Waals surface area contributed by atoms with E-state index in [2.05, 4.69) is 0 Å². The molecule has 0 aliphatic rings. The summed E-state index contributed by atoms with van der Waals surface area (Å²) < 4.78 is 24.8. The molecule has 0 radical (unpaired) electrons. The first kappa shape index (κ1) is 18.7. The van der Waals surface area contributed by atoms with Gasteiger partial charge in [-0.3, -0.25) is 0 Å². The molecule has 0 bridgehead atoms. The lowest BCUT2D eigenvalue weighted by Crippen LogP contribution is -2.32. The standard InChI is InChI=1S/C19H21FO5/c1-2-15(24-12-13-5-3-4-6-17(13)20)11-18(19(22)23)25-16-9-7-14(21)8-10-16/h3-10,15,18,21H,2,11-12H2,1H3,(H,22,23). The quantitative estimate of drug-likeness (QED) is 0.722. The summed E-state index contributed by atoms with van der Waals surface area (Å²) in [5, 5.41) is 18.6. The Hall–Kier alpha value is -2.60. The van der Waals surface area contributed by atoms with Crippen LogP contribution in [0.1, 0.15) is 25.3 Å². The molecule has 0 spiro atoms. The molecule has 2 atom stereocenters. The first-order valence-electron chi connectivity index (χ1n) is 8.03. The van der Waals surface area contributed by atoms with Gasteiger partial charge in [0.15, 0.2) is 6.10 Å². The summed E-state index contributed by atoms with van der Waals surface area (Å²) in [5.41, 5.74) is 0.423. The summed E-state index contributed by atoms with van der Waals surface area (Å²) in [4.78, 5) is 11.5. The van der Waals surface area contributed by atoms with Gasteiger partial charge in [0.2, 0.25) is 0 Å². The van der Waals surface area contributed by atoms with Gasteiger partial charge in [-0.2, -0.15) is 0 Å². The number of carboxylic acids is 1. The fourth-order valence-electron chi connectivity index (χ4n) is 2.30. The first-order valence-corrected chi connectivity index (χ1v) is 8.03. The maximum absolute atomic E-state index is 13.6. The Bertz CT molecular complexity index is 686. The van der Waals surface area contributed by atoms with Crippen molar-refractivity contribution in [1.82, 2.24) is 0 Å². The molecule has 0 saturated carbocycles. The van der Waals surface area contributed by atoms with Crippen LogP contribution in [0.3, 0.4) is 0 Å². The number of phenols is 1. The molecule has 0 aliphatic heterocycles. The number of aliphatic carboxylic acids is 1. The largest absolute Gasteiger partial charge is 0.508 e. The van der Waals surface area contributed by atoms with Crippen LogP contribution < -0.4 is 4.74 Å². The second-order valence-electron chi connectivity index (χ2n) is 5.61. The molecule has 2 unspecified atom stereocenters. The first-order chi connectivity index (χ1) is 12.0. The predicted octanol–water partition coefficient (Wildman–Crippen LogP) is 3.75. The van der Waals surface area contributed by atoms with Crippen LogP contribution in [0.25, 0.3) is 0 Å². The zero-order valence-corrected chi connectivity index (χ0v) is 13.9. The Morgan fingerprint density at radius 2 is 1.84 bits per heavy atom. The fraction of sp³-hybridized carbons (Fsp3) is 0.316. The van der Waals surface area contributed by atoms with Gasteiger partial charge in [-0.15, -0.1) is 0 Å². The monoisotopic (exact) mass is 348 g/mol. The molecule has 0 aromatic heterocycles. The number of carbonyl (C=O) groups is 1. The summed E-state index contributed by atoms with van der Waals surface area (Å²) in [6, 6.07) is 12.1. The van der Waals surface area contributed by atoms with E-state index >= 15 is 0 Å². The zero-order chi connectivity index (χ0) is 18.2. The van der Waals surface area contributed by atoms with Crippen LogP contribution in [0.15, 0.2) is 48.5 Å². The lowest BCUT2D eigenvalue weighted by atomic mass is 10.1. The van der Waals surface area contributed by atoms with Crippen LogP contribution in [0.5, 0.6) is 11.5 Å². The van der Waals surface area contributed by atoms with Gasteiger partial charge in [0.1, 0.15) is 17.3 Å². The van der Waals surface area contributed by atoms with Crippen molar-refractivity contribution >= 4 is 5.97 Å². The minimum Gasteiger partial charge on any atom is -0.508 e. The lowest BCUT2D eigenvalue weighted by Gasteiger charge is -2.21. The topological polar surface area (TPSA) is 76.0 Å². The number of halogens is 1. The predicted molar refractivity (Wildman–Crippen MR) is 90.0 cm³/mol. The molecule has 2 N–H and O–H groups in total. The molecular formula is C19H21FO5. The Kier molecular flexibility index (Phi) is 6.77. The zero-order valence-electron chi connectivity index (χ0n) is 13.9. The molecule has 2 aromatic rings. The van der Waals surface area contributed by atoms with Crippen molar-refractivity contribution in [3.05, 3.63) is 59.9 Å². The third-order valence-electron chi connectivity index (χ3n) is 3.76.